The molecular weight excluding hydrogens is 400 g/mol. The molecule has 0 N–H and O–H groups in total. The SMILES string of the molecule is COCC(=O)N1CCN(c2nc(-c3ccccc3)nc(C)c2Cc2ccccc2C)CC1. The maximum atomic E-state index is 12.2. The van der Waals surface area contributed by atoms with Gasteiger partial charge in [-0.1, -0.05) is 54.6 Å². The lowest BCUT2D eigenvalue weighted by molar-refractivity contribution is -0.135. The maximum Gasteiger partial charge on any atom is 0.248 e. The summed E-state index contributed by atoms with van der Waals surface area (Å²) in [6, 6.07) is 18.6. The summed E-state index contributed by atoms with van der Waals surface area (Å²) in [5.41, 5.74) is 5.70. The predicted octanol–water partition coefficient (Wildman–Crippen LogP) is 3.65. The first kappa shape index (κ1) is 22.0. The topological polar surface area (TPSA) is 58.6 Å². The fourth-order valence-corrected chi connectivity index (χ4v) is 4.15. The number of benzene rings is 2. The molecule has 1 aliphatic rings. The Balaban J connectivity index is 1.69. The molecule has 0 saturated carbocycles. The molecule has 4 rings (SSSR count). The number of ether oxygens (including phenoxy) is 1. The summed E-state index contributed by atoms with van der Waals surface area (Å²) in [5.74, 6) is 1.75. The molecule has 2 aromatic carbocycles. The Bertz CT molecular complexity index is 1080. The number of rotatable bonds is 6. The van der Waals surface area contributed by atoms with E-state index in [1.54, 1.807) is 7.11 Å². The minimum atomic E-state index is 0.0381. The Labute approximate surface area is 189 Å². The van der Waals surface area contributed by atoms with Crippen molar-refractivity contribution in [2.75, 3.05) is 44.8 Å². The number of aromatic nitrogens is 2. The molecule has 0 atom stereocenters. The molecule has 6 nitrogen and oxygen atoms in total. The van der Waals surface area contributed by atoms with Crippen LogP contribution in [0.3, 0.4) is 0 Å². The highest BCUT2D eigenvalue weighted by Gasteiger charge is 2.25. The first-order valence-electron chi connectivity index (χ1n) is 11.1. The summed E-state index contributed by atoms with van der Waals surface area (Å²) >= 11 is 0. The molecule has 3 aromatic rings. The first-order chi connectivity index (χ1) is 15.6. The standard InChI is InChI=1S/C26H30N4O2/c1-19-9-7-8-12-22(19)17-23-20(2)27-25(21-10-5-4-6-11-21)28-26(23)30-15-13-29(14-16-30)24(31)18-32-3/h4-12H,13-18H2,1-3H3. The number of aryl methyl sites for hydroxylation is 2. The van der Waals surface area contributed by atoms with E-state index in [9.17, 15) is 4.79 Å². The van der Waals surface area contributed by atoms with E-state index in [0.29, 0.717) is 13.1 Å². The monoisotopic (exact) mass is 430 g/mol. The van der Waals surface area contributed by atoms with Gasteiger partial charge >= 0.3 is 0 Å². The highest BCUT2D eigenvalue weighted by Crippen LogP contribution is 2.29. The van der Waals surface area contributed by atoms with Crippen molar-refractivity contribution in [3.63, 3.8) is 0 Å². The molecule has 0 aliphatic carbocycles. The van der Waals surface area contributed by atoms with E-state index in [1.807, 2.05) is 35.2 Å². The Morgan fingerprint density at radius 2 is 1.62 bits per heavy atom. The van der Waals surface area contributed by atoms with Crippen molar-refractivity contribution in [3.8, 4) is 11.4 Å². The van der Waals surface area contributed by atoms with E-state index in [1.165, 1.54) is 11.1 Å². The highest BCUT2D eigenvalue weighted by molar-refractivity contribution is 5.77. The Hall–Kier alpha value is -3.25. The molecule has 0 spiro atoms. The molecule has 0 unspecified atom stereocenters. The van der Waals surface area contributed by atoms with Crippen molar-refractivity contribution < 1.29 is 9.53 Å². The van der Waals surface area contributed by atoms with E-state index < -0.39 is 0 Å². The van der Waals surface area contributed by atoms with Gasteiger partial charge in [-0.3, -0.25) is 4.79 Å². The van der Waals surface area contributed by atoms with Crippen molar-refractivity contribution in [2.24, 2.45) is 0 Å². The Kier molecular flexibility index (Phi) is 6.81. The second-order valence-electron chi connectivity index (χ2n) is 8.20. The van der Waals surface area contributed by atoms with E-state index in [-0.39, 0.29) is 12.5 Å². The third-order valence-electron chi connectivity index (χ3n) is 6.05. The van der Waals surface area contributed by atoms with Crippen molar-refractivity contribution >= 4 is 11.7 Å². The first-order valence-corrected chi connectivity index (χ1v) is 11.1. The Morgan fingerprint density at radius 1 is 0.938 bits per heavy atom. The van der Waals surface area contributed by atoms with Crippen molar-refractivity contribution in [2.45, 2.75) is 20.3 Å². The van der Waals surface area contributed by atoms with Gasteiger partial charge in [-0.25, -0.2) is 9.97 Å². The van der Waals surface area contributed by atoms with Gasteiger partial charge in [0.05, 0.1) is 0 Å². The zero-order chi connectivity index (χ0) is 22.5. The number of anilines is 1. The number of piperazine rings is 1. The van der Waals surface area contributed by atoms with Crippen LogP contribution in [0, 0.1) is 13.8 Å². The molecule has 1 amide bonds. The van der Waals surface area contributed by atoms with Gasteiger partial charge in [-0.15, -0.1) is 0 Å². The molecular formula is C26H30N4O2. The van der Waals surface area contributed by atoms with Gasteiger partial charge in [0.15, 0.2) is 5.82 Å². The van der Waals surface area contributed by atoms with E-state index in [0.717, 1.165) is 48.0 Å². The van der Waals surface area contributed by atoms with Crippen LogP contribution in [0.4, 0.5) is 5.82 Å². The fourth-order valence-electron chi connectivity index (χ4n) is 4.15. The second kappa shape index (κ2) is 9.92. The fraction of sp³-hybridized carbons (Fsp3) is 0.346. The van der Waals surface area contributed by atoms with Crippen LogP contribution >= 0.6 is 0 Å². The van der Waals surface area contributed by atoms with E-state index in [2.05, 4.69) is 43.0 Å². The smallest absolute Gasteiger partial charge is 0.248 e. The van der Waals surface area contributed by atoms with Crippen molar-refractivity contribution in [1.82, 2.24) is 14.9 Å². The van der Waals surface area contributed by atoms with Gasteiger partial charge in [0.25, 0.3) is 0 Å². The highest BCUT2D eigenvalue weighted by atomic mass is 16.5. The lowest BCUT2D eigenvalue weighted by atomic mass is 9.99. The normalized spacial score (nSPS) is 14.0. The van der Waals surface area contributed by atoms with Gasteiger partial charge < -0.3 is 14.5 Å². The molecule has 166 valence electrons. The lowest BCUT2D eigenvalue weighted by Gasteiger charge is -2.36. The lowest BCUT2D eigenvalue weighted by Crippen LogP contribution is -2.50. The molecule has 1 aromatic heterocycles. The second-order valence-corrected chi connectivity index (χ2v) is 8.20. The average molecular weight is 431 g/mol. The summed E-state index contributed by atoms with van der Waals surface area (Å²) in [6.45, 7) is 7.14. The molecule has 1 aliphatic heterocycles. The van der Waals surface area contributed by atoms with Crippen molar-refractivity contribution in [1.29, 1.82) is 0 Å². The molecule has 1 saturated heterocycles. The number of carbonyl (C=O) groups is 1. The number of methoxy groups -OCH3 is 1. The van der Waals surface area contributed by atoms with Crippen LogP contribution in [-0.2, 0) is 16.0 Å². The molecule has 1 fully saturated rings. The van der Waals surface area contributed by atoms with Crippen LogP contribution in [0.25, 0.3) is 11.4 Å². The number of carbonyl (C=O) groups excluding carboxylic acids is 1. The van der Waals surface area contributed by atoms with Gasteiger partial charge in [-0.2, -0.15) is 0 Å². The molecule has 0 bridgehead atoms. The number of hydrogen-bond donors (Lipinski definition) is 0. The van der Waals surface area contributed by atoms with Crippen LogP contribution < -0.4 is 4.90 Å². The molecule has 0 radical (unpaired) electrons. The molecule has 2 heterocycles. The average Bonchev–Trinajstić information content (AvgIpc) is 2.82. The predicted molar refractivity (Wildman–Crippen MR) is 127 cm³/mol. The van der Waals surface area contributed by atoms with Crippen LogP contribution in [0.15, 0.2) is 54.6 Å². The summed E-state index contributed by atoms with van der Waals surface area (Å²) in [7, 11) is 1.56. The van der Waals surface area contributed by atoms with Crippen LogP contribution in [0.5, 0.6) is 0 Å². The minimum absolute atomic E-state index is 0.0381. The zero-order valence-electron chi connectivity index (χ0n) is 19.0. The quantitative estimate of drug-likeness (QED) is 0.598. The number of amides is 1. The summed E-state index contributed by atoms with van der Waals surface area (Å²) in [4.78, 5) is 26.3. The van der Waals surface area contributed by atoms with Gasteiger partial charge in [0.2, 0.25) is 5.91 Å². The van der Waals surface area contributed by atoms with E-state index in [4.69, 9.17) is 14.7 Å². The van der Waals surface area contributed by atoms with Crippen LogP contribution in [-0.4, -0.2) is 60.7 Å². The number of nitrogens with zero attached hydrogens (tertiary/aromatic N) is 4. The van der Waals surface area contributed by atoms with Gasteiger partial charge in [0, 0.05) is 56.5 Å². The van der Waals surface area contributed by atoms with Gasteiger partial charge in [-0.05, 0) is 25.0 Å². The third kappa shape index (κ3) is 4.81. The minimum Gasteiger partial charge on any atom is -0.375 e. The largest absolute Gasteiger partial charge is 0.375 e. The zero-order valence-corrected chi connectivity index (χ0v) is 19.0. The maximum absolute atomic E-state index is 12.2. The third-order valence-corrected chi connectivity index (χ3v) is 6.05. The van der Waals surface area contributed by atoms with Crippen molar-refractivity contribution in [3.05, 3.63) is 77.0 Å². The summed E-state index contributed by atoms with van der Waals surface area (Å²) in [5, 5.41) is 0. The van der Waals surface area contributed by atoms with E-state index >= 15 is 0 Å². The molecule has 6 heteroatoms. The molecule has 32 heavy (non-hydrogen) atoms. The van der Waals surface area contributed by atoms with Crippen LogP contribution in [0.1, 0.15) is 22.4 Å². The number of hydrogen-bond acceptors (Lipinski definition) is 5. The summed E-state index contributed by atoms with van der Waals surface area (Å²) in [6.07, 6.45) is 0.783. The Morgan fingerprint density at radius 3 is 2.31 bits per heavy atom. The van der Waals surface area contributed by atoms with Crippen LogP contribution in [0.2, 0.25) is 0 Å². The summed E-state index contributed by atoms with van der Waals surface area (Å²) < 4.78 is 5.02. The van der Waals surface area contributed by atoms with Gasteiger partial charge in [0.1, 0.15) is 12.4 Å².